The van der Waals surface area contributed by atoms with Crippen molar-refractivity contribution in [1.29, 1.82) is 5.26 Å². The quantitative estimate of drug-likeness (QED) is 0.226. The van der Waals surface area contributed by atoms with Crippen molar-refractivity contribution in [1.82, 2.24) is 0 Å². The van der Waals surface area contributed by atoms with Gasteiger partial charge in [-0.05, 0) is 72.3 Å². The van der Waals surface area contributed by atoms with E-state index >= 15 is 0 Å². The lowest BCUT2D eigenvalue weighted by Gasteiger charge is -2.13. The van der Waals surface area contributed by atoms with E-state index in [-0.39, 0.29) is 27.0 Å². The first-order valence-corrected chi connectivity index (χ1v) is 11.9. The third-order valence-electron chi connectivity index (χ3n) is 4.33. The number of methoxy groups -OCH3 is 1. The maximum absolute atomic E-state index is 12.6. The summed E-state index contributed by atoms with van der Waals surface area (Å²) in [6.07, 6.45) is 1.27. The van der Waals surface area contributed by atoms with Crippen LogP contribution < -0.4 is 14.2 Å². The van der Waals surface area contributed by atoms with E-state index in [2.05, 4.69) is 5.32 Å². The number of carbonyl (C=O) groups excluding carboxylic acids is 1. The molecule has 0 aliphatic carbocycles. The van der Waals surface area contributed by atoms with E-state index in [0.717, 1.165) is 0 Å². The van der Waals surface area contributed by atoms with E-state index in [1.54, 1.807) is 24.3 Å². The van der Waals surface area contributed by atoms with Gasteiger partial charge < -0.3 is 14.2 Å². The number of amides is 1. The van der Waals surface area contributed by atoms with Gasteiger partial charge in [0, 0.05) is 15.7 Å². The minimum Gasteiger partial charge on any atom is -0.493 e. The lowest BCUT2D eigenvalue weighted by molar-refractivity contribution is -0.112. The SMILES string of the molecule is COc1cc(/C=C(\C#N)C(=O)Nc2ccc(Cl)cc2)cc(Cl)c1OS(=O)(=O)c1ccc(Cl)cc1. The predicted molar refractivity (Wildman–Crippen MR) is 131 cm³/mol. The Labute approximate surface area is 211 Å². The first-order chi connectivity index (χ1) is 16.1. The summed E-state index contributed by atoms with van der Waals surface area (Å²) >= 11 is 17.9. The van der Waals surface area contributed by atoms with E-state index in [9.17, 15) is 18.5 Å². The fourth-order valence-corrected chi connectivity index (χ4v) is 4.22. The van der Waals surface area contributed by atoms with Gasteiger partial charge in [-0.15, -0.1) is 0 Å². The Morgan fingerprint density at radius 2 is 1.59 bits per heavy atom. The van der Waals surface area contributed by atoms with Crippen molar-refractivity contribution in [3.8, 4) is 17.6 Å². The number of hydrogen-bond acceptors (Lipinski definition) is 6. The zero-order valence-electron chi connectivity index (χ0n) is 17.4. The standard InChI is InChI=1S/C23H15Cl3N2O5S/c1-32-21-12-14(10-15(13-27)23(29)28-18-6-2-16(24)3-7-18)11-20(26)22(21)33-34(30,31)19-8-4-17(25)5-9-19/h2-12H,1H3,(H,28,29)/b15-10+. The molecule has 1 amide bonds. The molecule has 0 atom stereocenters. The summed E-state index contributed by atoms with van der Waals surface area (Å²) < 4.78 is 35.7. The maximum atomic E-state index is 12.6. The van der Waals surface area contributed by atoms with Crippen LogP contribution in [0.15, 0.2) is 71.1 Å². The van der Waals surface area contributed by atoms with Gasteiger partial charge in [0.15, 0.2) is 5.75 Å². The van der Waals surface area contributed by atoms with Crippen LogP contribution in [-0.2, 0) is 14.9 Å². The average Bonchev–Trinajstić information content (AvgIpc) is 2.80. The fourth-order valence-electron chi connectivity index (χ4n) is 2.71. The maximum Gasteiger partial charge on any atom is 0.339 e. The topological polar surface area (TPSA) is 105 Å². The Morgan fingerprint density at radius 3 is 2.15 bits per heavy atom. The van der Waals surface area contributed by atoms with Crippen molar-refractivity contribution in [2.45, 2.75) is 4.90 Å². The smallest absolute Gasteiger partial charge is 0.339 e. The molecule has 3 aromatic rings. The van der Waals surface area contributed by atoms with Gasteiger partial charge in [-0.25, -0.2) is 0 Å². The first kappa shape index (κ1) is 25.4. The first-order valence-electron chi connectivity index (χ1n) is 9.39. The number of nitrogens with zero attached hydrogens (tertiary/aromatic N) is 1. The second kappa shape index (κ2) is 10.8. The molecule has 174 valence electrons. The minimum atomic E-state index is -4.24. The van der Waals surface area contributed by atoms with Crippen molar-refractivity contribution < 1.29 is 22.1 Å². The fraction of sp³-hybridized carbons (Fsp3) is 0.0435. The van der Waals surface area contributed by atoms with Crippen LogP contribution in [-0.4, -0.2) is 21.4 Å². The van der Waals surface area contributed by atoms with Crippen LogP contribution in [0.25, 0.3) is 6.08 Å². The monoisotopic (exact) mass is 536 g/mol. The third-order valence-corrected chi connectivity index (χ3v) is 6.35. The molecular weight excluding hydrogens is 523 g/mol. The van der Waals surface area contributed by atoms with Crippen molar-refractivity contribution in [2.75, 3.05) is 12.4 Å². The molecule has 0 aromatic heterocycles. The molecule has 0 aliphatic rings. The summed E-state index contributed by atoms with van der Waals surface area (Å²) in [5.41, 5.74) is 0.527. The molecule has 0 radical (unpaired) electrons. The van der Waals surface area contributed by atoms with E-state index in [1.807, 2.05) is 6.07 Å². The molecule has 0 unspecified atom stereocenters. The van der Waals surface area contributed by atoms with E-state index < -0.39 is 16.0 Å². The molecule has 3 rings (SSSR count). The molecule has 34 heavy (non-hydrogen) atoms. The number of ether oxygens (including phenoxy) is 1. The Bertz CT molecular complexity index is 1400. The number of nitriles is 1. The van der Waals surface area contributed by atoms with Gasteiger partial charge in [0.05, 0.1) is 12.1 Å². The van der Waals surface area contributed by atoms with Crippen molar-refractivity contribution in [2.24, 2.45) is 0 Å². The molecule has 0 saturated heterocycles. The summed E-state index contributed by atoms with van der Waals surface area (Å²) in [6.45, 7) is 0. The largest absolute Gasteiger partial charge is 0.493 e. The highest BCUT2D eigenvalue weighted by Gasteiger charge is 2.22. The van der Waals surface area contributed by atoms with Gasteiger partial charge in [-0.1, -0.05) is 34.8 Å². The Kier molecular flexibility index (Phi) is 8.07. The van der Waals surface area contributed by atoms with Gasteiger partial charge in [-0.2, -0.15) is 13.7 Å². The van der Waals surface area contributed by atoms with Crippen molar-refractivity contribution in [3.05, 3.63) is 86.9 Å². The molecule has 0 spiro atoms. The van der Waals surface area contributed by atoms with Gasteiger partial charge in [-0.3, -0.25) is 4.79 Å². The van der Waals surface area contributed by atoms with Gasteiger partial charge in [0.1, 0.15) is 16.5 Å². The van der Waals surface area contributed by atoms with Crippen LogP contribution in [0.5, 0.6) is 11.5 Å². The summed E-state index contributed by atoms with van der Waals surface area (Å²) in [7, 11) is -2.95. The average molecular weight is 538 g/mol. The van der Waals surface area contributed by atoms with Crippen LogP contribution in [0.2, 0.25) is 15.1 Å². The normalized spacial score (nSPS) is 11.4. The van der Waals surface area contributed by atoms with Crippen molar-refractivity contribution >= 4 is 62.6 Å². The van der Waals surface area contributed by atoms with Gasteiger partial charge >= 0.3 is 10.1 Å². The summed E-state index contributed by atoms with van der Waals surface area (Å²) in [4.78, 5) is 12.4. The van der Waals surface area contributed by atoms with Crippen LogP contribution in [0.3, 0.4) is 0 Å². The molecule has 3 aromatic carbocycles. The molecular formula is C23H15Cl3N2O5S. The van der Waals surface area contributed by atoms with E-state index in [1.165, 1.54) is 49.6 Å². The van der Waals surface area contributed by atoms with Crippen LogP contribution in [0.1, 0.15) is 5.56 Å². The van der Waals surface area contributed by atoms with Crippen LogP contribution in [0, 0.1) is 11.3 Å². The second-order valence-electron chi connectivity index (χ2n) is 6.66. The second-order valence-corrected chi connectivity index (χ2v) is 9.48. The number of rotatable bonds is 7. The third kappa shape index (κ3) is 6.22. The van der Waals surface area contributed by atoms with Crippen LogP contribution >= 0.6 is 34.8 Å². The van der Waals surface area contributed by atoms with Gasteiger partial charge in [0.25, 0.3) is 5.91 Å². The Hall–Kier alpha value is -3.22. The molecule has 1 N–H and O–H groups in total. The molecule has 0 heterocycles. The molecule has 7 nitrogen and oxygen atoms in total. The molecule has 0 fully saturated rings. The number of carbonyl (C=O) groups is 1. The van der Waals surface area contributed by atoms with Crippen LogP contribution in [0.4, 0.5) is 5.69 Å². The van der Waals surface area contributed by atoms with Crippen molar-refractivity contribution in [3.63, 3.8) is 0 Å². The number of benzene rings is 3. The van der Waals surface area contributed by atoms with E-state index in [4.69, 9.17) is 43.7 Å². The number of hydrogen-bond donors (Lipinski definition) is 1. The Balaban J connectivity index is 1.90. The summed E-state index contributed by atoms with van der Waals surface area (Å²) in [5, 5.41) is 12.8. The number of nitrogens with one attached hydrogen (secondary N) is 1. The number of anilines is 1. The zero-order valence-corrected chi connectivity index (χ0v) is 20.5. The highest BCUT2D eigenvalue weighted by Crippen LogP contribution is 2.39. The number of halogens is 3. The summed E-state index contributed by atoms with van der Waals surface area (Å²) in [5.74, 6) is -0.933. The molecule has 0 bridgehead atoms. The van der Waals surface area contributed by atoms with Gasteiger partial charge in [0.2, 0.25) is 5.75 Å². The molecule has 11 heteroatoms. The summed E-state index contributed by atoms with van der Waals surface area (Å²) in [6, 6.07) is 16.3. The highest BCUT2D eigenvalue weighted by atomic mass is 35.5. The minimum absolute atomic E-state index is 0.0216. The lowest BCUT2D eigenvalue weighted by Crippen LogP contribution is -2.13. The zero-order chi connectivity index (χ0) is 24.9. The molecule has 0 aliphatic heterocycles. The molecule has 0 saturated carbocycles. The lowest BCUT2D eigenvalue weighted by atomic mass is 10.1. The highest BCUT2D eigenvalue weighted by molar-refractivity contribution is 7.87. The Morgan fingerprint density at radius 1 is 1.00 bits per heavy atom. The van der Waals surface area contributed by atoms with E-state index in [0.29, 0.717) is 21.3 Å². The predicted octanol–water partition coefficient (Wildman–Crippen LogP) is 5.97.